The molecule has 0 spiro atoms. The van der Waals surface area contributed by atoms with Gasteiger partial charge in [-0.05, 0) is 18.1 Å². The van der Waals surface area contributed by atoms with Crippen molar-refractivity contribution in [1.29, 1.82) is 0 Å². The summed E-state index contributed by atoms with van der Waals surface area (Å²) in [6.07, 6.45) is 0.811. The molecular formula is C14H18N2OS2. The van der Waals surface area contributed by atoms with Gasteiger partial charge in [-0.15, -0.1) is 11.8 Å². The molecular weight excluding hydrogens is 276 g/mol. The van der Waals surface area contributed by atoms with Crippen LogP contribution in [0.5, 0.6) is 0 Å². The summed E-state index contributed by atoms with van der Waals surface area (Å²) in [7, 11) is 1.82. The molecule has 1 aromatic carbocycles. The summed E-state index contributed by atoms with van der Waals surface area (Å²) in [5, 5.41) is -0.0130. The van der Waals surface area contributed by atoms with Crippen LogP contribution in [0, 0.1) is 5.92 Å². The Morgan fingerprint density at radius 1 is 1.58 bits per heavy atom. The molecule has 102 valence electrons. The predicted molar refractivity (Wildman–Crippen MR) is 83.4 cm³/mol. The molecule has 19 heavy (non-hydrogen) atoms. The van der Waals surface area contributed by atoms with Gasteiger partial charge in [-0.3, -0.25) is 4.79 Å². The van der Waals surface area contributed by atoms with E-state index in [1.807, 2.05) is 26.1 Å². The highest BCUT2D eigenvalue weighted by Crippen LogP contribution is 2.37. The first kappa shape index (κ1) is 14.3. The Balaban J connectivity index is 1.97. The number of carbonyl (C=O) groups is 1. The largest absolute Gasteiger partial charge is 0.393 e. The number of nitrogens with zero attached hydrogens (tertiary/aromatic N) is 1. The third kappa shape index (κ3) is 3.28. The van der Waals surface area contributed by atoms with Crippen molar-refractivity contribution in [2.24, 2.45) is 11.7 Å². The van der Waals surface area contributed by atoms with Crippen LogP contribution in [0.3, 0.4) is 0 Å². The Kier molecular flexibility index (Phi) is 4.47. The number of nitrogens with two attached hydrogens (primary N) is 1. The molecule has 2 atom stereocenters. The van der Waals surface area contributed by atoms with E-state index in [-0.39, 0.29) is 17.1 Å². The van der Waals surface area contributed by atoms with Crippen molar-refractivity contribution >= 4 is 34.9 Å². The zero-order chi connectivity index (χ0) is 14.0. The fourth-order valence-corrected chi connectivity index (χ4v) is 3.54. The van der Waals surface area contributed by atoms with Crippen LogP contribution in [0.25, 0.3) is 0 Å². The summed E-state index contributed by atoms with van der Waals surface area (Å²) in [6.45, 7) is 2.53. The van der Waals surface area contributed by atoms with Gasteiger partial charge in [-0.2, -0.15) is 0 Å². The minimum absolute atomic E-state index is 0.0130. The third-order valence-electron chi connectivity index (χ3n) is 3.33. The molecule has 3 nitrogen and oxygen atoms in total. The lowest BCUT2D eigenvalue weighted by atomic mass is 10.1. The lowest BCUT2D eigenvalue weighted by Crippen LogP contribution is -2.39. The number of rotatable bonds is 4. The Morgan fingerprint density at radius 2 is 2.26 bits per heavy atom. The minimum Gasteiger partial charge on any atom is -0.393 e. The standard InChI is InChI=1S/C14H18N2OS2/c1-9(13(15)18)8-16(2)14(17)12-7-10-5-3-4-6-11(10)19-12/h3-6,9,12H,7-8H2,1-2H3,(H2,15,18). The molecule has 0 saturated carbocycles. The van der Waals surface area contributed by atoms with E-state index in [0.29, 0.717) is 11.5 Å². The molecule has 0 saturated heterocycles. The smallest absolute Gasteiger partial charge is 0.236 e. The maximum absolute atomic E-state index is 12.4. The zero-order valence-electron chi connectivity index (χ0n) is 11.1. The number of thiocarbonyl (C=S) groups is 1. The van der Waals surface area contributed by atoms with Crippen LogP contribution in [0.2, 0.25) is 0 Å². The first-order chi connectivity index (χ1) is 8.99. The molecule has 2 unspecified atom stereocenters. The molecule has 2 rings (SSSR count). The molecule has 1 aromatic rings. The molecule has 0 fully saturated rings. The summed E-state index contributed by atoms with van der Waals surface area (Å²) < 4.78 is 0. The van der Waals surface area contributed by atoms with Crippen molar-refractivity contribution in [2.75, 3.05) is 13.6 Å². The van der Waals surface area contributed by atoms with Gasteiger partial charge in [0.25, 0.3) is 0 Å². The van der Waals surface area contributed by atoms with Crippen LogP contribution < -0.4 is 5.73 Å². The van der Waals surface area contributed by atoms with Crippen molar-refractivity contribution in [3.63, 3.8) is 0 Å². The second kappa shape index (κ2) is 5.92. The van der Waals surface area contributed by atoms with E-state index in [1.165, 1.54) is 10.5 Å². The molecule has 1 aliphatic heterocycles. The first-order valence-electron chi connectivity index (χ1n) is 6.28. The van der Waals surface area contributed by atoms with Gasteiger partial charge in [0.15, 0.2) is 0 Å². The van der Waals surface area contributed by atoms with Crippen molar-refractivity contribution in [3.05, 3.63) is 29.8 Å². The number of hydrogen-bond acceptors (Lipinski definition) is 3. The van der Waals surface area contributed by atoms with E-state index in [0.717, 1.165) is 6.42 Å². The van der Waals surface area contributed by atoms with Crippen molar-refractivity contribution in [1.82, 2.24) is 4.90 Å². The van der Waals surface area contributed by atoms with Crippen LogP contribution >= 0.6 is 24.0 Å². The SMILES string of the molecule is CC(CN(C)C(=O)C1Cc2ccccc2S1)C(N)=S. The second-order valence-electron chi connectivity index (χ2n) is 4.94. The molecule has 0 bridgehead atoms. The minimum atomic E-state index is -0.0130. The van der Waals surface area contributed by atoms with Crippen molar-refractivity contribution < 1.29 is 4.79 Å². The van der Waals surface area contributed by atoms with Crippen LogP contribution in [0.4, 0.5) is 0 Å². The van der Waals surface area contributed by atoms with Crippen LogP contribution in [-0.4, -0.2) is 34.6 Å². The number of benzene rings is 1. The van der Waals surface area contributed by atoms with E-state index in [2.05, 4.69) is 12.1 Å². The molecule has 1 aliphatic rings. The quantitative estimate of drug-likeness (QED) is 0.864. The lowest BCUT2D eigenvalue weighted by molar-refractivity contribution is -0.129. The number of carbonyl (C=O) groups excluding carboxylic acids is 1. The van der Waals surface area contributed by atoms with Gasteiger partial charge in [0, 0.05) is 24.4 Å². The summed E-state index contributed by atoms with van der Waals surface area (Å²) in [5.74, 6) is 0.210. The Morgan fingerprint density at radius 3 is 2.89 bits per heavy atom. The number of fused-ring (bicyclic) bond motifs is 1. The van der Waals surface area contributed by atoms with Crippen LogP contribution in [0.15, 0.2) is 29.2 Å². The molecule has 2 N–H and O–H groups in total. The summed E-state index contributed by atoms with van der Waals surface area (Å²) in [6, 6.07) is 8.19. The highest BCUT2D eigenvalue weighted by molar-refractivity contribution is 8.01. The average molecular weight is 294 g/mol. The molecule has 0 aliphatic carbocycles. The molecule has 0 radical (unpaired) electrons. The predicted octanol–water partition coefficient (Wildman–Crippen LogP) is 2.08. The van der Waals surface area contributed by atoms with E-state index in [1.54, 1.807) is 16.7 Å². The highest BCUT2D eigenvalue weighted by Gasteiger charge is 2.30. The van der Waals surface area contributed by atoms with Crippen LogP contribution in [-0.2, 0) is 11.2 Å². The second-order valence-corrected chi connectivity index (χ2v) is 6.66. The maximum Gasteiger partial charge on any atom is 0.236 e. The zero-order valence-corrected chi connectivity index (χ0v) is 12.8. The fourth-order valence-electron chi connectivity index (χ4n) is 2.16. The summed E-state index contributed by atoms with van der Waals surface area (Å²) in [5.41, 5.74) is 6.86. The van der Waals surface area contributed by atoms with E-state index >= 15 is 0 Å². The van der Waals surface area contributed by atoms with Gasteiger partial charge in [-0.1, -0.05) is 37.3 Å². The molecule has 1 heterocycles. The fraction of sp³-hybridized carbons (Fsp3) is 0.429. The number of hydrogen-bond donors (Lipinski definition) is 1. The van der Waals surface area contributed by atoms with Gasteiger partial charge in [-0.25, -0.2) is 0 Å². The Labute approximate surface area is 123 Å². The van der Waals surface area contributed by atoms with E-state index in [9.17, 15) is 4.79 Å². The molecule has 1 amide bonds. The molecule has 0 aromatic heterocycles. The van der Waals surface area contributed by atoms with Crippen LogP contribution in [0.1, 0.15) is 12.5 Å². The summed E-state index contributed by atoms with van der Waals surface area (Å²) >= 11 is 6.60. The monoisotopic (exact) mass is 294 g/mol. The lowest BCUT2D eigenvalue weighted by Gasteiger charge is -2.23. The first-order valence-corrected chi connectivity index (χ1v) is 7.56. The Hall–Kier alpha value is -1.07. The maximum atomic E-state index is 12.4. The van der Waals surface area contributed by atoms with Gasteiger partial charge < -0.3 is 10.6 Å². The Bertz CT molecular complexity index is 479. The van der Waals surface area contributed by atoms with Gasteiger partial charge >= 0.3 is 0 Å². The molecule has 5 heteroatoms. The topological polar surface area (TPSA) is 46.3 Å². The highest BCUT2D eigenvalue weighted by atomic mass is 32.2. The average Bonchev–Trinajstić information content (AvgIpc) is 2.81. The van der Waals surface area contributed by atoms with Crippen molar-refractivity contribution in [3.8, 4) is 0 Å². The number of thioether (sulfide) groups is 1. The third-order valence-corrected chi connectivity index (χ3v) is 5.04. The van der Waals surface area contributed by atoms with E-state index < -0.39 is 0 Å². The summed E-state index contributed by atoms with van der Waals surface area (Å²) in [4.78, 5) is 15.8. The normalized spacial score (nSPS) is 18.7. The van der Waals surface area contributed by atoms with Crippen molar-refractivity contribution in [2.45, 2.75) is 23.5 Å². The van der Waals surface area contributed by atoms with Gasteiger partial charge in [0.1, 0.15) is 0 Å². The van der Waals surface area contributed by atoms with Gasteiger partial charge in [0.05, 0.1) is 10.2 Å². The van der Waals surface area contributed by atoms with Gasteiger partial charge in [0.2, 0.25) is 5.91 Å². The number of amides is 1. The van der Waals surface area contributed by atoms with E-state index in [4.69, 9.17) is 18.0 Å².